The second kappa shape index (κ2) is 4.42. The summed E-state index contributed by atoms with van der Waals surface area (Å²) in [4.78, 5) is 14.3. The number of fused-ring (bicyclic) bond motifs is 1. The van der Waals surface area contributed by atoms with Crippen molar-refractivity contribution >= 4 is 17.3 Å². The summed E-state index contributed by atoms with van der Waals surface area (Å²) in [5.41, 5.74) is 9.06. The van der Waals surface area contributed by atoms with E-state index in [0.717, 1.165) is 24.1 Å². The number of carbonyl (C=O) groups is 1. The van der Waals surface area contributed by atoms with Gasteiger partial charge in [-0.05, 0) is 37.5 Å². The Labute approximate surface area is 111 Å². The van der Waals surface area contributed by atoms with Gasteiger partial charge < -0.3 is 15.2 Å². The lowest BCUT2D eigenvalue weighted by Crippen LogP contribution is -2.35. The average Bonchev–Trinajstić information content (AvgIpc) is 2.83. The Morgan fingerprint density at radius 2 is 2.32 bits per heavy atom. The van der Waals surface area contributed by atoms with Crippen molar-refractivity contribution in [2.75, 3.05) is 17.2 Å². The molecule has 2 N–H and O–H groups in total. The van der Waals surface area contributed by atoms with Gasteiger partial charge in [0.2, 0.25) is 0 Å². The predicted octanol–water partition coefficient (Wildman–Crippen LogP) is 2.16. The molecule has 1 aliphatic heterocycles. The van der Waals surface area contributed by atoms with Crippen molar-refractivity contribution in [2.24, 2.45) is 0 Å². The topological polar surface area (TPSA) is 72.4 Å². The van der Waals surface area contributed by atoms with Gasteiger partial charge in [-0.3, -0.25) is 4.79 Å². The fourth-order valence-electron chi connectivity index (χ4n) is 2.45. The van der Waals surface area contributed by atoms with E-state index in [1.807, 2.05) is 18.2 Å². The molecule has 1 amide bonds. The number of anilines is 2. The fourth-order valence-corrected chi connectivity index (χ4v) is 2.45. The van der Waals surface area contributed by atoms with Crippen LogP contribution in [0.4, 0.5) is 11.4 Å². The Morgan fingerprint density at radius 1 is 1.47 bits per heavy atom. The number of nitrogens with two attached hydrogens (primary N) is 1. The fraction of sp³-hybridized carbons (Fsp3) is 0.286. The van der Waals surface area contributed by atoms with Crippen LogP contribution in [0.15, 0.2) is 28.9 Å². The summed E-state index contributed by atoms with van der Waals surface area (Å²) in [7, 11) is 0. The van der Waals surface area contributed by atoms with Gasteiger partial charge in [0.05, 0.1) is 6.20 Å². The highest BCUT2D eigenvalue weighted by atomic mass is 16.5. The lowest BCUT2D eigenvalue weighted by Gasteiger charge is -2.29. The molecule has 5 nitrogen and oxygen atoms in total. The van der Waals surface area contributed by atoms with E-state index >= 15 is 0 Å². The van der Waals surface area contributed by atoms with Crippen LogP contribution < -0.4 is 10.6 Å². The maximum Gasteiger partial charge on any atom is 0.263 e. The van der Waals surface area contributed by atoms with Gasteiger partial charge in [0.15, 0.2) is 0 Å². The van der Waals surface area contributed by atoms with Gasteiger partial charge in [0.1, 0.15) is 11.3 Å². The Kier molecular flexibility index (Phi) is 2.74. The Balaban J connectivity index is 2.02. The minimum Gasteiger partial charge on any atom is -0.399 e. The molecule has 0 spiro atoms. The molecule has 0 radical (unpaired) electrons. The minimum atomic E-state index is -0.0784. The van der Waals surface area contributed by atoms with E-state index in [2.05, 4.69) is 5.16 Å². The monoisotopic (exact) mass is 257 g/mol. The van der Waals surface area contributed by atoms with E-state index in [0.29, 0.717) is 23.6 Å². The zero-order chi connectivity index (χ0) is 13.4. The molecule has 1 aromatic heterocycles. The van der Waals surface area contributed by atoms with Crippen LogP contribution in [0.5, 0.6) is 0 Å². The van der Waals surface area contributed by atoms with Crippen LogP contribution in [0.1, 0.15) is 28.1 Å². The summed E-state index contributed by atoms with van der Waals surface area (Å²) < 4.78 is 4.97. The van der Waals surface area contributed by atoms with Crippen LogP contribution in [0.3, 0.4) is 0 Å². The number of aryl methyl sites for hydroxylation is 2. The number of carbonyl (C=O) groups excluding carboxylic acids is 1. The molecule has 1 aliphatic rings. The van der Waals surface area contributed by atoms with Gasteiger partial charge in [-0.25, -0.2) is 0 Å². The molecule has 0 saturated heterocycles. The van der Waals surface area contributed by atoms with E-state index in [-0.39, 0.29) is 5.91 Å². The van der Waals surface area contributed by atoms with Crippen LogP contribution in [0.2, 0.25) is 0 Å². The lowest BCUT2D eigenvalue weighted by molar-refractivity contribution is 0.0983. The molecule has 0 bridgehead atoms. The number of aromatic nitrogens is 1. The highest BCUT2D eigenvalue weighted by Crippen LogP contribution is 2.30. The Bertz CT molecular complexity index is 633. The van der Waals surface area contributed by atoms with E-state index in [9.17, 15) is 4.79 Å². The van der Waals surface area contributed by atoms with Crippen molar-refractivity contribution in [1.29, 1.82) is 0 Å². The first-order chi connectivity index (χ1) is 9.16. The van der Waals surface area contributed by atoms with E-state index in [1.165, 1.54) is 6.20 Å². The van der Waals surface area contributed by atoms with Gasteiger partial charge in [0.25, 0.3) is 5.91 Å². The van der Waals surface area contributed by atoms with Crippen molar-refractivity contribution in [3.63, 3.8) is 0 Å². The van der Waals surface area contributed by atoms with Gasteiger partial charge in [-0.2, -0.15) is 0 Å². The van der Waals surface area contributed by atoms with E-state index in [1.54, 1.807) is 11.8 Å². The van der Waals surface area contributed by atoms with Gasteiger partial charge in [-0.1, -0.05) is 11.2 Å². The normalized spacial score (nSPS) is 14.3. The van der Waals surface area contributed by atoms with Crippen LogP contribution in [-0.2, 0) is 6.42 Å². The third kappa shape index (κ3) is 1.97. The van der Waals surface area contributed by atoms with Crippen LogP contribution in [0, 0.1) is 6.92 Å². The number of amides is 1. The van der Waals surface area contributed by atoms with Crippen molar-refractivity contribution in [1.82, 2.24) is 5.16 Å². The summed E-state index contributed by atoms with van der Waals surface area (Å²) in [5.74, 6) is 0.464. The van der Waals surface area contributed by atoms with Gasteiger partial charge in [0, 0.05) is 17.9 Å². The molecule has 98 valence electrons. The number of hydrogen-bond acceptors (Lipinski definition) is 4. The van der Waals surface area contributed by atoms with E-state index in [4.69, 9.17) is 10.3 Å². The molecular formula is C14H15N3O2. The molecular weight excluding hydrogens is 242 g/mol. The maximum absolute atomic E-state index is 12.5. The highest BCUT2D eigenvalue weighted by molar-refractivity contribution is 6.07. The summed E-state index contributed by atoms with van der Waals surface area (Å²) in [5, 5.41) is 3.66. The number of nitrogen functional groups attached to an aromatic ring is 1. The molecule has 3 rings (SSSR count). The minimum absolute atomic E-state index is 0.0784. The smallest absolute Gasteiger partial charge is 0.263 e. The number of nitrogens with zero attached hydrogens (tertiary/aromatic N) is 2. The first-order valence-electron chi connectivity index (χ1n) is 6.28. The third-order valence-electron chi connectivity index (χ3n) is 3.45. The average molecular weight is 257 g/mol. The molecule has 1 aromatic carbocycles. The quantitative estimate of drug-likeness (QED) is 0.794. The third-order valence-corrected chi connectivity index (χ3v) is 3.45. The van der Waals surface area contributed by atoms with Crippen molar-refractivity contribution in [3.8, 4) is 0 Å². The standard InChI is InChI=1S/C14H15N3O2/c1-9-12(8-16-19-9)14(18)17-6-2-3-10-4-5-11(15)7-13(10)17/h4-5,7-8H,2-3,6,15H2,1H3. The molecule has 5 heteroatoms. The summed E-state index contributed by atoms with van der Waals surface area (Å²) in [6, 6.07) is 5.72. The Hall–Kier alpha value is -2.30. The molecule has 2 heterocycles. The van der Waals surface area contributed by atoms with Gasteiger partial charge in [-0.15, -0.1) is 0 Å². The largest absolute Gasteiger partial charge is 0.399 e. The highest BCUT2D eigenvalue weighted by Gasteiger charge is 2.26. The molecule has 0 fully saturated rings. The molecule has 19 heavy (non-hydrogen) atoms. The van der Waals surface area contributed by atoms with E-state index < -0.39 is 0 Å². The first-order valence-corrected chi connectivity index (χ1v) is 6.28. The lowest BCUT2D eigenvalue weighted by atomic mass is 10.0. The second-order valence-electron chi connectivity index (χ2n) is 4.74. The molecule has 0 atom stereocenters. The van der Waals surface area contributed by atoms with Crippen molar-refractivity contribution < 1.29 is 9.32 Å². The number of rotatable bonds is 1. The first kappa shape index (κ1) is 11.8. The predicted molar refractivity (Wildman–Crippen MR) is 72.1 cm³/mol. The SMILES string of the molecule is Cc1oncc1C(=O)N1CCCc2ccc(N)cc21. The van der Waals surface area contributed by atoms with Crippen molar-refractivity contribution in [2.45, 2.75) is 19.8 Å². The Morgan fingerprint density at radius 3 is 3.05 bits per heavy atom. The maximum atomic E-state index is 12.5. The summed E-state index contributed by atoms with van der Waals surface area (Å²) >= 11 is 0. The van der Waals surface area contributed by atoms with Crippen LogP contribution in [0.25, 0.3) is 0 Å². The number of benzene rings is 1. The van der Waals surface area contributed by atoms with Crippen LogP contribution >= 0.6 is 0 Å². The van der Waals surface area contributed by atoms with Crippen LogP contribution in [-0.4, -0.2) is 17.6 Å². The molecule has 2 aromatic rings. The zero-order valence-corrected chi connectivity index (χ0v) is 10.7. The van der Waals surface area contributed by atoms with Crippen molar-refractivity contribution in [3.05, 3.63) is 41.3 Å². The zero-order valence-electron chi connectivity index (χ0n) is 10.7. The summed E-state index contributed by atoms with van der Waals surface area (Å²) in [6.45, 7) is 2.43. The summed E-state index contributed by atoms with van der Waals surface area (Å²) in [6.07, 6.45) is 3.40. The van der Waals surface area contributed by atoms with Gasteiger partial charge >= 0.3 is 0 Å². The molecule has 0 unspecified atom stereocenters. The number of hydrogen-bond donors (Lipinski definition) is 1. The second-order valence-corrected chi connectivity index (χ2v) is 4.74. The molecule has 0 aliphatic carbocycles. The molecule has 0 saturated carbocycles.